The second-order valence-electron chi connectivity index (χ2n) is 8.75. The number of allylic oxidation sites excluding steroid dienone is 2. The van der Waals surface area contributed by atoms with Crippen molar-refractivity contribution >= 4 is 5.97 Å². The first kappa shape index (κ1) is 22.9. The van der Waals surface area contributed by atoms with Crippen molar-refractivity contribution in [2.75, 3.05) is 0 Å². The predicted molar refractivity (Wildman–Crippen MR) is 113 cm³/mol. The van der Waals surface area contributed by atoms with Crippen molar-refractivity contribution < 1.29 is 20.1 Å². The average molecular weight is 391 g/mol. The number of hydrogen-bond acceptors (Lipinski definition) is 3. The molecule has 0 bridgehead atoms. The summed E-state index contributed by atoms with van der Waals surface area (Å²) in [4.78, 5) is 10.5. The monoisotopic (exact) mass is 390 g/mol. The maximum absolute atomic E-state index is 10.7. The lowest BCUT2D eigenvalue weighted by Gasteiger charge is -2.45. The molecule has 2 fully saturated rings. The third kappa shape index (κ3) is 6.05. The molecule has 158 valence electrons. The topological polar surface area (TPSA) is 77.8 Å². The van der Waals surface area contributed by atoms with Gasteiger partial charge in [-0.1, -0.05) is 56.2 Å². The van der Waals surface area contributed by atoms with Crippen molar-refractivity contribution in [1.82, 2.24) is 0 Å². The van der Waals surface area contributed by atoms with E-state index in [1.165, 1.54) is 6.42 Å². The Bertz CT molecular complexity index is 573. The van der Waals surface area contributed by atoms with Crippen LogP contribution >= 0.6 is 0 Å². The molecular weight excluding hydrogens is 352 g/mol. The van der Waals surface area contributed by atoms with Gasteiger partial charge in [0.2, 0.25) is 0 Å². The number of unbranched alkanes of at least 4 members (excludes halogenated alkanes) is 1. The summed E-state index contributed by atoms with van der Waals surface area (Å²) < 4.78 is 0. The van der Waals surface area contributed by atoms with Crippen LogP contribution in [0.3, 0.4) is 0 Å². The van der Waals surface area contributed by atoms with Gasteiger partial charge in [-0.15, -0.1) is 0 Å². The first-order chi connectivity index (χ1) is 13.4. The minimum Gasteiger partial charge on any atom is -0.481 e. The van der Waals surface area contributed by atoms with Crippen LogP contribution in [0.5, 0.6) is 0 Å². The van der Waals surface area contributed by atoms with Crippen LogP contribution in [0.25, 0.3) is 0 Å². The number of aliphatic carboxylic acids is 1. The molecule has 0 spiro atoms. The molecule has 0 heterocycles. The molecular formula is C24H38O4. The maximum Gasteiger partial charge on any atom is 0.303 e. The smallest absolute Gasteiger partial charge is 0.303 e. The van der Waals surface area contributed by atoms with Crippen molar-refractivity contribution in [2.45, 2.75) is 89.8 Å². The van der Waals surface area contributed by atoms with Crippen LogP contribution in [0.2, 0.25) is 0 Å². The van der Waals surface area contributed by atoms with Gasteiger partial charge in [-0.3, -0.25) is 4.79 Å². The molecule has 0 aliphatic heterocycles. The van der Waals surface area contributed by atoms with E-state index in [4.69, 9.17) is 5.11 Å². The summed E-state index contributed by atoms with van der Waals surface area (Å²) in [5.41, 5.74) is 1.20. The Balaban J connectivity index is 1.85. The average Bonchev–Trinajstić information content (AvgIpc) is 2.87. The molecule has 4 nitrogen and oxygen atoms in total. The highest BCUT2D eigenvalue weighted by Crippen LogP contribution is 2.48. The molecule has 0 saturated heterocycles. The summed E-state index contributed by atoms with van der Waals surface area (Å²) in [6.07, 6.45) is 17.0. The summed E-state index contributed by atoms with van der Waals surface area (Å²) >= 11 is 0. The standard InChI is InChI=1S/C24H38O4/c1-3-14-24(15-9-16-24)22(26)12-8-11-20-19(18(2)17-21(20)25)10-6-4-5-7-13-23(27)28/h4,6,8,11,19-22,25-26H,2-3,5,7,9-10,12-17H2,1H3,(H,27,28)/t19-,20+,21+,22?/m0/s1. The fourth-order valence-electron chi connectivity index (χ4n) is 4.91. The van der Waals surface area contributed by atoms with Crippen LogP contribution in [0.4, 0.5) is 0 Å². The van der Waals surface area contributed by atoms with Crippen LogP contribution < -0.4 is 0 Å². The molecule has 2 aliphatic carbocycles. The Morgan fingerprint density at radius 2 is 2.07 bits per heavy atom. The molecule has 2 rings (SSSR count). The number of carboxylic acids is 1. The highest BCUT2D eigenvalue weighted by molar-refractivity contribution is 5.66. The summed E-state index contributed by atoms with van der Waals surface area (Å²) in [6, 6.07) is 0. The molecule has 1 unspecified atom stereocenters. The van der Waals surface area contributed by atoms with E-state index >= 15 is 0 Å². The van der Waals surface area contributed by atoms with E-state index in [0.29, 0.717) is 19.3 Å². The Morgan fingerprint density at radius 1 is 1.32 bits per heavy atom. The van der Waals surface area contributed by atoms with E-state index in [9.17, 15) is 15.0 Å². The van der Waals surface area contributed by atoms with E-state index in [0.717, 1.165) is 44.1 Å². The van der Waals surface area contributed by atoms with Gasteiger partial charge >= 0.3 is 5.97 Å². The molecule has 0 aromatic carbocycles. The Labute approximate surface area is 170 Å². The molecule has 0 amide bonds. The molecule has 0 aromatic rings. The largest absolute Gasteiger partial charge is 0.481 e. The second kappa shape index (κ2) is 11.0. The summed E-state index contributed by atoms with van der Waals surface area (Å²) in [5.74, 6) is -0.491. The van der Waals surface area contributed by atoms with Crippen molar-refractivity contribution in [1.29, 1.82) is 0 Å². The zero-order chi connectivity index (χ0) is 20.6. The lowest BCUT2D eigenvalue weighted by atomic mass is 9.62. The number of hydrogen-bond donors (Lipinski definition) is 3. The highest BCUT2D eigenvalue weighted by Gasteiger charge is 2.42. The second-order valence-corrected chi connectivity index (χ2v) is 8.75. The molecule has 2 saturated carbocycles. The summed E-state index contributed by atoms with van der Waals surface area (Å²) in [7, 11) is 0. The lowest BCUT2D eigenvalue weighted by molar-refractivity contribution is -0.137. The molecule has 4 atom stereocenters. The van der Waals surface area contributed by atoms with Gasteiger partial charge in [0, 0.05) is 12.3 Å². The minimum absolute atomic E-state index is 0.0480. The zero-order valence-corrected chi connectivity index (χ0v) is 17.4. The van der Waals surface area contributed by atoms with E-state index in [-0.39, 0.29) is 29.8 Å². The Hall–Kier alpha value is -1.39. The number of rotatable bonds is 12. The molecule has 4 heteroatoms. The summed E-state index contributed by atoms with van der Waals surface area (Å²) in [5, 5.41) is 29.8. The van der Waals surface area contributed by atoms with E-state index < -0.39 is 12.1 Å². The SMILES string of the molecule is C=C1C[C@@H](O)[C@H](C=CCC(O)C2(CCC)CCC2)[C@H]1CC=CCCCC(=O)O. The quantitative estimate of drug-likeness (QED) is 0.323. The molecule has 28 heavy (non-hydrogen) atoms. The fourth-order valence-corrected chi connectivity index (χ4v) is 4.91. The van der Waals surface area contributed by atoms with E-state index in [2.05, 4.69) is 31.7 Å². The van der Waals surface area contributed by atoms with Crippen LogP contribution in [-0.4, -0.2) is 33.5 Å². The molecule has 3 N–H and O–H groups in total. The van der Waals surface area contributed by atoms with Gasteiger partial charge in [-0.2, -0.15) is 0 Å². The third-order valence-electron chi connectivity index (χ3n) is 6.74. The van der Waals surface area contributed by atoms with Gasteiger partial charge in [0.05, 0.1) is 12.2 Å². The number of carbonyl (C=O) groups is 1. The Morgan fingerprint density at radius 3 is 2.68 bits per heavy atom. The zero-order valence-electron chi connectivity index (χ0n) is 17.4. The number of carboxylic acid groups (broad SMARTS) is 1. The van der Waals surface area contributed by atoms with Crippen molar-refractivity contribution in [3.63, 3.8) is 0 Å². The highest BCUT2D eigenvalue weighted by atomic mass is 16.4. The van der Waals surface area contributed by atoms with Gasteiger partial charge in [-0.25, -0.2) is 0 Å². The van der Waals surface area contributed by atoms with Crippen LogP contribution in [0.15, 0.2) is 36.5 Å². The Kier molecular flexibility index (Phi) is 8.97. The van der Waals surface area contributed by atoms with E-state index in [1.807, 2.05) is 6.08 Å². The maximum atomic E-state index is 10.7. The van der Waals surface area contributed by atoms with Gasteiger partial charge < -0.3 is 15.3 Å². The van der Waals surface area contributed by atoms with Gasteiger partial charge in [0.25, 0.3) is 0 Å². The molecule has 2 aliphatic rings. The number of aliphatic hydroxyl groups excluding tert-OH is 2. The van der Waals surface area contributed by atoms with Crippen molar-refractivity contribution in [3.05, 3.63) is 36.5 Å². The summed E-state index contributed by atoms with van der Waals surface area (Å²) in [6.45, 7) is 6.33. The number of aliphatic hydroxyl groups is 2. The lowest BCUT2D eigenvalue weighted by Crippen LogP contribution is -2.41. The van der Waals surface area contributed by atoms with Crippen LogP contribution in [-0.2, 0) is 4.79 Å². The fraction of sp³-hybridized carbons (Fsp3) is 0.708. The van der Waals surface area contributed by atoms with Crippen molar-refractivity contribution in [2.24, 2.45) is 17.3 Å². The molecule has 0 aromatic heterocycles. The van der Waals surface area contributed by atoms with Gasteiger partial charge in [0.15, 0.2) is 0 Å². The van der Waals surface area contributed by atoms with Crippen LogP contribution in [0.1, 0.15) is 77.6 Å². The van der Waals surface area contributed by atoms with E-state index in [1.54, 1.807) is 0 Å². The van der Waals surface area contributed by atoms with Crippen molar-refractivity contribution in [3.8, 4) is 0 Å². The van der Waals surface area contributed by atoms with Gasteiger partial charge in [0.1, 0.15) is 0 Å². The van der Waals surface area contributed by atoms with Crippen LogP contribution in [0, 0.1) is 17.3 Å². The normalized spacial score (nSPS) is 28.1. The predicted octanol–water partition coefficient (Wildman–Crippen LogP) is 5.02. The first-order valence-corrected chi connectivity index (χ1v) is 11.0. The third-order valence-corrected chi connectivity index (χ3v) is 6.74. The minimum atomic E-state index is -0.754. The molecule has 0 radical (unpaired) electrons. The first-order valence-electron chi connectivity index (χ1n) is 11.0. The van der Waals surface area contributed by atoms with Gasteiger partial charge in [-0.05, 0) is 62.7 Å².